The van der Waals surface area contributed by atoms with Crippen molar-refractivity contribution in [1.29, 1.82) is 0 Å². The molecule has 2 N–H and O–H groups in total. The maximum atomic E-state index is 14.8. The Morgan fingerprint density at radius 2 is 1.16 bits per heavy atom. The van der Waals surface area contributed by atoms with E-state index < -0.39 is 18.0 Å². The minimum Gasteiger partial charge on any atom is -0.445 e. The predicted octanol–water partition coefficient (Wildman–Crippen LogP) is 5.44. The molecule has 0 aliphatic heterocycles. The molecule has 3 aromatic rings. The fourth-order valence-corrected chi connectivity index (χ4v) is 3.40. The van der Waals surface area contributed by atoms with Gasteiger partial charge in [-0.15, -0.1) is 0 Å². The second kappa shape index (κ2) is 11.9. The first-order valence-electron chi connectivity index (χ1n) is 9.87. The van der Waals surface area contributed by atoms with Crippen molar-refractivity contribution in [1.82, 2.24) is 10.6 Å². The quantitative estimate of drug-likeness (QED) is 0.431. The second-order valence-electron chi connectivity index (χ2n) is 6.87. The summed E-state index contributed by atoms with van der Waals surface area (Å²) in [7, 11) is 0. The number of carbonyl (C=O) groups excluding carboxylic acids is 2. The van der Waals surface area contributed by atoms with E-state index in [0.29, 0.717) is 4.47 Å². The molecule has 0 unspecified atom stereocenters. The molecule has 0 radical (unpaired) electrons. The number of ether oxygens (including phenoxy) is 2. The topological polar surface area (TPSA) is 76.7 Å². The Kier molecular flexibility index (Phi) is 8.62. The van der Waals surface area contributed by atoms with Crippen LogP contribution in [0.2, 0.25) is 0 Å². The number of nitrogens with one attached hydrogen (secondary N) is 2. The summed E-state index contributed by atoms with van der Waals surface area (Å²) in [6, 6.07) is 21.6. The Labute approximate surface area is 193 Å². The normalized spacial score (nSPS) is 10.3. The van der Waals surface area contributed by atoms with Crippen LogP contribution in [0.15, 0.2) is 77.3 Å². The van der Waals surface area contributed by atoms with Gasteiger partial charge in [-0.25, -0.2) is 14.0 Å². The first kappa shape index (κ1) is 23.3. The number of hydrogen-bond donors (Lipinski definition) is 2. The summed E-state index contributed by atoms with van der Waals surface area (Å²) in [5.74, 6) is -0.528. The van der Waals surface area contributed by atoms with Crippen molar-refractivity contribution >= 4 is 28.1 Å². The van der Waals surface area contributed by atoms with Gasteiger partial charge in [-0.3, -0.25) is 0 Å². The standard InChI is InChI=1S/C24H22BrFN2O4/c25-21-11-19(13-27-23(29)31-15-17-7-3-1-4-8-17)22(26)20(12-21)14-28-24(30)32-16-18-9-5-2-6-10-18/h1-12H,13-16H2,(H,27,29)(H,28,30). The zero-order valence-electron chi connectivity index (χ0n) is 17.1. The fourth-order valence-electron chi connectivity index (χ4n) is 2.85. The van der Waals surface area contributed by atoms with Crippen molar-refractivity contribution < 1.29 is 23.5 Å². The molecule has 8 heteroatoms. The third-order valence-electron chi connectivity index (χ3n) is 4.46. The predicted molar refractivity (Wildman–Crippen MR) is 121 cm³/mol. The van der Waals surface area contributed by atoms with E-state index in [1.165, 1.54) is 0 Å². The third kappa shape index (κ3) is 7.39. The first-order chi connectivity index (χ1) is 15.5. The van der Waals surface area contributed by atoms with Crippen LogP contribution in [0.1, 0.15) is 22.3 Å². The molecule has 6 nitrogen and oxygen atoms in total. The molecule has 166 valence electrons. The van der Waals surface area contributed by atoms with Crippen LogP contribution in [0.4, 0.5) is 14.0 Å². The molecule has 3 aromatic carbocycles. The summed E-state index contributed by atoms with van der Waals surface area (Å²) in [6.45, 7) is 0.108. The molecule has 0 saturated carbocycles. The van der Waals surface area contributed by atoms with Crippen molar-refractivity contribution in [2.24, 2.45) is 0 Å². The van der Waals surface area contributed by atoms with E-state index >= 15 is 0 Å². The summed E-state index contributed by atoms with van der Waals surface area (Å²) in [5, 5.41) is 5.07. The largest absolute Gasteiger partial charge is 0.445 e. The van der Waals surface area contributed by atoms with E-state index in [2.05, 4.69) is 26.6 Å². The summed E-state index contributed by atoms with van der Waals surface area (Å²) in [5.41, 5.74) is 2.21. The minimum atomic E-state index is -0.655. The lowest BCUT2D eigenvalue weighted by atomic mass is 10.1. The van der Waals surface area contributed by atoms with E-state index in [9.17, 15) is 14.0 Å². The molecule has 0 aliphatic carbocycles. The zero-order valence-corrected chi connectivity index (χ0v) is 18.7. The highest BCUT2D eigenvalue weighted by atomic mass is 79.9. The molecule has 0 heterocycles. The molecule has 0 atom stereocenters. The van der Waals surface area contributed by atoms with Gasteiger partial charge in [0.2, 0.25) is 0 Å². The maximum absolute atomic E-state index is 14.8. The van der Waals surface area contributed by atoms with Crippen LogP contribution in [0.3, 0.4) is 0 Å². The summed E-state index contributed by atoms with van der Waals surface area (Å²) in [4.78, 5) is 23.9. The molecule has 32 heavy (non-hydrogen) atoms. The van der Waals surface area contributed by atoms with Crippen molar-refractivity contribution in [3.05, 3.63) is 105 Å². The lowest BCUT2D eigenvalue weighted by Crippen LogP contribution is -2.26. The molecule has 0 aromatic heterocycles. The van der Waals surface area contributed by atoms with E-state index in [4.69, 9.17) is 9.47 Å². The summed E-state index contributed by atoms with van der Waals surface area (Å²) < 4.78 is 25.7. The molecular weight excluding hydrogens is 479 g/mol. The molecule has 0 saturated heterocycles. The third-order valence-corrected chi connectivity index (χ3v) is 4.92. The Balaban J connectivity index is 1.49. The lowest BCUT2D eigenvalue weighted by Gasteiger charge is -2.12. The van der Waals surface area contributed by atoms with Crippen LogP contribution in [0, 0.1) is 5.82 Å². The molecule has 0 aliphatic rings. The second-order valence-corrected chi connectivity index (χ2v) is 7.78. The molecule has 2 amide bonds. The number of hydrogen-bond acceptors (Lipinski definition) is 4. The van der Waals surface area contributed by atoms with E-state index in [-0.39, 0.29) is 37.4 Å². The van der Waals surface area contributed by atoms with E-state index in [1.54, 1.807) is 12.1 Å². The Bertz CT molecular complexity index is 968. The Hall–Kier alpha value is -3.39. The maximum Gasteiger partial charge on any atom is 0.407 e. The number of amides is 2. The van der Waals surface area contributed by atoms with Gasteiger partial charge < -0.3 is 20.1 Å². The number of rotatable bonds is 8. The Morgan fingerprint density at radius 3 is 1.56 bits per heavy atom. The van der Waals surface area contributed by atoms with Gasteiger partial charge in [-0.05, 0) is 23.3 Å². The van der Waals surface area contributed by atoms with Gasteiger partial charge in [-0.1, -0.05) is 76.6 Å². The van der Waals surface area contributed by atoms with Crippen LogP contribution in [-0.4, -0.2) is 12.2 Å². The van der Waals surface area contributed by atoms with Crippen LogP contribution >= 0.6 is 15.9 Å². The van der Waals surface area contributed by atoms with Gasteiger partial charge in [0.1, 0.15) is 19.0 Å². The average Bonchev–Trinajstić information content (AvgIpc) is 2.82. The zero-order chi connectivity index (χ0) is 22.8. The van der Waals surface area contributed by atoms with Gasteiger partial charge in [-0.2, -0.15) is 0 Å². The summed E-state index contributed by atoms with van der Waals surface area (Å²) in [6.07, 6.45) is -1.31. The Morgan fingerprint density at radius 1 is 0.750 bits per heavy atom. The average molecular weight is 501 g/mol. The highest BCUT2D eigenvalue weighted by Gasteiger charge is 2.13. The monoisotopic (exact) mass is 500 g/mol. The van der Waals surface area contributed by atoms with E-state index in [0.717, 1.165) is 11.1 Å². The molecule has 0 fully saturated rings. The fraction of sp³-hybridized carbons (Fsp3) is 0.167. The van der Waals surface area contributed by atoms with Crippen LogP contribution in [0.25, 0.3) is 0 Å². The van der Waals surface area contributed by atoms with Gasteiger partial charge in [0.15, 0.2) is 0 Å². The smallest absolute Gasteiger partial charge is 0.407 e. The number of halogens is 2. The van der Waals surface area contributed by atoms with Crippen molar-refractivity contribution in [3.8, 4) is 0 Å². The highest BCUT2D eigenvalue weighted by molar-refractivity contribution is 9.10. The van der Waals surface area contributed by atoms with E-state index in [1.807, 2.05) is 60.7 Å². The highest BCUT2D eigenvalue weighted by Crippen LogP contribution is 2.21. The molecule has 0 spiro atoms. The molecule has 3 rings (SSSR count). The van der Waals surface area contributed by atoms with Crippen molar-refractivity contribution in [2.45, 2.75) is 26.3 Å². The van der Waals surface area contributed by atoms with Gasteiger partial charge in [0.05, 0.1) is 0 Å². The number of benzene rings is 3. The van der Waals surface area contributed by atoms with Crippen molar-refractivity contribution in [3.63, 3.8) is 0 Å². The van der Waals surface area contributed by atoms with Crippen LogP contribution in [-0.2, 0) is 35.8 Å². The first-order valence-corrected chi connectivity index (χ1v) is 10.7. The number of alkyl carbamates (subject to hydrolysis) is 2. The molecule has 0 bridgehead atoms. The SMILES string of the molecule is O=C(NCc1cc(Br)cc(CNC(=O)OCc2ccccc2)c1F)OCc1ccccc1. The van der Waals surface area contributed by atoms with Crippen molar-refractivity contribution in [2.75, 3.05) is 0 Å². The van der Waals surface area contributed by atoms with Crippen LogP contribution < -0.4 is 10.6 Å². The van der Waals surface area contributed by atoms with Gasteiger partial charge in [0, 0.05) is 28.7 Å². The van der Waals surface area contributed by atoms with Gasteiger partial charge in [0.25, 0.3) is 0 Å². The van der Waals surface area contributed by atoms with Crippen LogP contribution in [0.5, 0.6) is 0 Å². The summed E-state index contributed by atoms with van der Waals surface area (Å²) >= 11 is 3.33. The van der Waals surface area contributed by atoms with Gasteiger partial charge >= 0.3 is 12.2 Å². The number of carbonyl (C=O) groups is 2. The minimum absolute atomic E-state index is 0.0651. The lowest BCUT2D eigenvalue weighted by molar-refractivity contribution is 0.138. The molecular formula is C24H22BrFN2O4.